The van der Waals surface area contributed by atoms with Gasteiger partial charge in [0.1, 0.15) is 22.7 Å². The number of hydrogen-bond donors (Lipinski definition) is 2. The lowest BCUT2D eigenvalue weighted by atomic mass is 10.0. The van der Waals surface area contributed by atoms with Gasteiger partial charge in [-0.05, 0) is 79.8 Å². The van der Waals surface area contributed by atoms with Gasteiger partial charge in [0.25, 0.3) is 5.91 Å². The van der Waals surface area contributed by atoms with Gasteiger partial charge in [0.05, 0.1) is 30.6 Å². The van der Waals surface area contributed by atoms with Crippen LogP contribution < -0.4 is 10.5 Å². The van der Waals surface area contributed by atoms with Crippen molar-refractivity contribution < 1.29 is 14.6 Å². The Morgan fingerprint density at radius 3 is 2.66 bits per heavy atom. The van der Waals surface area contributed by atoms with Gasteiger partial charge >= 0.3 is 0 Å². The van der Waals surface area contributed by atoms with E-state index in [0.717, 1.165) is 64.4 Å². The molecule has 2 aliphatic carbocycles. The van der Waals surface area contributed by atoms with Crippen molar-refractivity contribution in [1.29, 1.82) is 0 Å². The number of carbonyl (C=O) groups excluding carboxylic acids is 1. The van der Waals surface area contributed by atoms with Gasteiger partial charge in [-0.15, -0.1) is 0 Å². The van der Waals surface area contributed by atoms with E-state index in [4.69, 9.17) is 20.4 Å². The molecule has 1 saturated heterocycles. The van der Waals surface area contributed by atoms with Gasteiger partial charge in [0, 0.05) is 54.5 Å². The van der Waals surface area contributed by atoms with Crippen molar-refractivity contribution in [2.24, 2.45) is 24.8 Å². The number of aryl methyl sites for hydroxylation is 1. The number of aliphatic hydroxyl groups is 1. The number of aromatic nitrogens is 5. The molecular formula is C34H37N7O3. The Morgan fingerprint density at radius 1 is 1.11 bits per heavy atom. The molecule has 226 valence electrons. The third kappa shape index (κ3) is 4.18. The number of rotatable bonds is 7. The Labute approximate surface area is 255 Å². The number of piperidine rings is 1. The van der Waals surface area contributed by atoms with Crippen LogP contribution in [0.25, 0.3) is 44.8 Å². The van der Waals surface area contributed by atoms with Gasteiger partial charge in [-0.25, -0.2) is 15.0 Å². The summed E-state index contributed by atoms with van der Waals surface area (Å²) in [6.07, 6.45) is 6.39. The average molecular weight is 592 g/mol. The molecule has 1 amide bonds. The molecule has 0 radical (unpaired) electrons. The topological polar surface area (TPSA) is 124 Å². The van der Waals surface area contributed by atoms with Gasteiger partial charge in [0.2, 0.25) is 0 Å². The predicted molar refractivity (Wildman–Crippen MR) is 169 cm³/mol. The molecule has 10 nitrogen and oxygen atoms in total. The molecule has 5 heterocycles. The molecule has 2 unspecified atom stereocenters. The standard InChI is InChI=1S/C34H37N7O3/c1-18-21-7-9-27(18)41(16-21)34(43)22-11-26-30(29(13-22)44-3)39(2)33(38-26)28-12-20-6-8-25(23-10-24(17-42)31(35)36-14-23)37-32(20)40(28)15-19-4-5-19/h6,8,10-14,18-19,21,27,42H,4-5,7,9,15-17H2,1-3H3,(H2,35,36)/t18-,21?,27?/m1/s1. The van der Waals surface area contributed by atoms with Crippen molar-refractivity contribution >= 4 is 33.8 Å². The fraction of sp³-hybridized carbons (Fsp3) is 0.412. The van der Waals surface area contributed by atoms with Gasteiger partial charge < -0.3 is 29.6 Å². The number of carbonyl (C=O) groups is 1. The first-order valence-corrected chi connectivity index (χ1v) is 15.6. The van der Waals surface area contributed by atoms with Crippen LogP contribution in [0.2, 0.25) is 0 Å². The van der Waals surface area contributed by atoms with Crippen LogP contribution in [0.15, 0.2) is 42.6 Å². The Kier molecular flexibility index (Phi) is 6.20. The van der Waals surface area contributed by atoms with E-state index in [1.165, 1.54) is 19.3 Å². The van der Waals surface area contributed by atoms with E-state index in [-0.39, 0.29) is 12.5 Å². The highest BCUT2D eigenvalue weighted by atomic mass is 16.5. The molecule has 3 aliphatic rings. The summed E-state index contributed by atoms with van der Waals surface area (Å²) in [5.41, 5.74) is 12.2. The monoisotopic (exact) mass is 591 g/mol. The summed E-state index contributed by atoms with van der Waals surface area (Å²) >= 11 is 0. The number of amides is 1. The quantitative estimate of drug-likeness (QED) is 0.273. The van der Waals surface area contributed by atoms with Crippen molar-refractivity contribution in [3.63, 3.8) is 0 Å². The summed E-state index contributed by atoms with van der Waals surface area (Å²) < 4.78 is 10.2. The van der Waals surface area contributed by atoms with Crippen molar-refractivity contribution in [2.45, 2.75) is 51.8 Å². The fourth-order valence-electron chi connectivity index (χ4n) is 7.53. The normalized spacial score (nSPS) is 21.2. The van der Waals surface area contributed by atoms with Crippen LogP contribution in [-0.2, 0) is 20.2 Å². The number of hydrogen-bond acceptors (Lipinski definition) is 7. The summed E-state index contributed by atoms with van der Waals surface area (Å²) in [5.74, 6) is 3.59. The van der Waals surface area contributed by atoms with E-state index < -0.39 is 0 Å². The van der Waals surface area contributed by atoms with E-state index in [0.29, 0.717) is 46.5 Å². The molecule has 44 heavy (non-hydrogen) atoms. The average Bonchev–Trinajstić information content (AvgIpc) is 3.44. The van der Waals surface area contributed by atoms with Gasteiger partial charge in [-0.2, -0.15) is 0 Å². The van der Waals surface area contributed by atoms with Crippen molar-refractivity contribution in [3.8, 4) is 28.5 Å². The Balaban J connectivity index is 1.24. The first-order valence-electron chi connectivity index (χ1n) is 15.6. The smallest absolute Gasteiger partial charge is 0.254 e. The van der Waals surface area contributed by atoms with Crippen LogP contribution in [0, 0.1) is 17.8 Å². The number of benzene rings is 1. The van der Waals surface area contributed by atoms with Gasteiger partial charge in [-0.3, -0.25) is 4.79 Å². The number of ether oxygens (including phenoxy) is 1. The zero-order chi connectivity index (χ0) is 30.3. The zero-order valence-electron chi connectivity index (χ0n) is 25.3. The number of nitrogens with zero attached hydrogens (tertiary/aromatic N) is 6. The minimum absolute atomic E-state index is 0.0672. The molecule has 3 N–H and O–H groups in total. The molecule has 3 fully saturated rings. The minimum atomic E-state index is -0.182. The summed E-state index contributed by atoms with van der Waals surface area (Å²) in [5, 5.41) is 10.7. The lowest BCUT2D eigenvalue weighted by Crippen LogP contribution is -2.38. The van der Waals surface area contributed by atoms with E-state index in [1.807, 2.05) is 31.3 Å². The molecule has 4 aromatic heterocycles. The lowest BCUT2D eigenvalue weighted by molar-refractivity contribution is 0.0696. The Morgan fingerprint density at radius 2 is 1.95 bits per heavy atom. The maximum absolute atomic E-state index is 13.8. The SMILES string of the molecule is COc1cc(C(=O)N2CC3CCC2[C@@H]3C)cc2nc(-c3cc4ccc(-c5cnc(N)c(CO)c5)nc4n3CC3CC3)n(C)c12. The van der Waals surface area contributed by atoms with Crippen LogP contribution in [0.3, 0.4) is 0 Å². The minimum Gasteiger partial charge on any atom is -0.494 e. The van der Waals surface area contributed by atoms with Crippen molar-refractivity contribution in [2.75, 3.05) is 19.4 Å². The van der Waals surface area contributed by atoms with E-state index in [1.54, 1.807) is 13.3 Å². The van der Waals surface area contributed by atoms with Crippen LogP contribution >= 0.6 is 0 Å². The summed E-state index contributed by atoms with van der Waals surface area (Å²) in [7, 11) is 3.66. The van der Waals surface area contributed by atoms with Crippen LogP contribution in [0.5, 0.6) is 5.75 Å². The highest BCUT2D eigenvalue weighted by Gasteiger charge is 2.46. The summed E-state index contributed by atoms with van der Waals surface area (Å²) in [6, 6.07) is 12.2. The summed E-state index contributed by atoms with van der Waals surface area (Å²) in [6.45, 7) is 3.78. The molecule has 1 aliphatic heterocycles. The second kappa shape index (κ2) is 10.1. The molecule has 1 aromatic carbocycles. The van der Waals surface area contributed by atoms with Crippen molar-refractivity contribution in [3.05, 3.63) is 53.7 Å². The second-order valence-electron chi connectivity index (χ2n) is 12.9. The van der Waals surface area contributed by atoms with E-state index >= 15 is 0 Å². The summed E-state index contributed by atoms with van der Waals surface area (Å²) in [4.78, 5) is 30.3. The second-order valence-corrected chi connectivity index (χ2v) is 12.9. The van der Waals surface area contributed by atoms with Crippen LogP contribution in [0.4, 0.5) is 5.82 Å². The molecule has 8 rings (SSSR count). The molecule has 2 saturated carbocycles. The number of pyridine rings is 2. The first-order chi connectivity index (χ1) is 21.3. The zero-order valence-corrected chi connectivity index (χ0v) is 25.3. The third-order valence-electron chi connectivity index (χ3n) is 10.3. The third-order valence-corrected chi connectivity index (χ3v) is 10.3. The maximum Gasteiger partial charge on any atom is 0.254 e. The van der Waals surface area contributed by atoms with Crippen molar-refractivity contribution in [1.82, 2.24) is 29.0 Å². The molecule has 10 heteroatoms. The highest BCUT2D eigenvalue weighted by molar-refractivity contribution is 6.00. The van der Waals surface area contributed by atoms with Crippen LogP contribution in [0.1, 0.15) is 48.5 Å². The number of anilines is 1. The molecule has 3 atom stereocenters. The number of nitrogens with two attached hydrogens (primary N) is 1. The molecular weight excluding hydrogens is 554 g/mol. The lowest BCUT2D eigenvalue weighted by Gasteiger charge is -2.27. The fourth-order valence-corrected chi connectivity index (χ4v) is 7.53. The number of methoxy groups -OCH3 is 1. The number of imidazole rings is 1. The van der Waals surface area contributed by atoms with E-state index in [9.17, 15) is 9.90 Å². The highest BCUT2D eigenvalue weighted by Crippen LogP contribution is 2.44. The first kappa shape index (κ1) is 27.1. The maximum atomic E-state index is 13.8. The predicted octanol–water partition coefficient (Wildman–Crippen LogP) is 5.02. The molecule has 0 spiro atoms. The Hall–Kier alpha value is -4.44. The van der Waals surface area contributed by atoms with Gasteiger partial charge in [-0.1, -0.05) is 6.92 Å². The molecule has 5 aromatic rings. The van der Waals surface area contributed by atoms with Crippen LogP contribution in [-0.4, -0.2) is 59.7 Å². The number of aliphatic hydroxyl groups excluding tert-OH is 1. The van der Waals surface area contributed by atoms with Gasteiger partial charge in [0.15, 0.2) is 5.82 Å². The number of nitrogen functional groups attached to an aromatic ring is 1. The number of likely N-dealkylation sites (tertiary alicyclic amines) is 1. The molecule has 2 bridgehead atoms. The van der Waals surface area contributed by atoms with E-state index in [2.05, 4.69) is 38.1 Å². The Bertz CT molecular complexity index is 1960. The largest absolute Gasteiger partial charge is 0.494 e. The number of fused-ring (bicyclic) bond motifs is 4.